The number of esters is 1. The molecule has 0 fully saturated rings. The van der Waals surface area contributed by atoms with Gasteiger partial charge in [-0.05, 0) is 29.9 Å². The molecule has 0 aliphatic heterocycles. The number of benzene rings is 1. The summed E-state index contributed by atoms with van der Waals surface area (Å²) in [7, 11) is 1.00. The number of hydrogen-bond donors (Lipinski definition) is 3. The van der Waals surface area contributed by atoms with Gasteiger partial charge in [-0.15, -0.1) is 0 Å². The topological polar surface area (TPSA) is 66.8 Å². The van der Waals surface area contributed by atoms with Crippen LogP contribution in [0.25, 0.3) is 0 Å². The molecule has 0 aliphatic rings. The molecule has 2 atom stereocenters. The molecular weight excluding hydrogens is 278 g/mol. The van der Waals surface area contributed by atoms with Crippen LogP contribution >= 0.6 is 12.6 Å². The lowest BCUT2D eigenvalue weighted by atomic mass is 10.0. The molecule has 0 saturated carbocycles. The van der Waals surface area contributed by atoms with E-state index in [1.54, 1.807) is 0 Å². The van der Waals surface area contributed by atoms with E-state index in [0.29, 0.717) is 5.75 Å². The van der Waals surface area contributed by atoms with E-state index in [1.807, 2.05) is 0 Å². The van der Waals surface area contributed by atoms with Crippen molar-refractivity contribution < 1.29 is 28.5 Å². The van der Waals surface area contributed by atoms with Crippen molar-refractivity contribution in [3.05, 3.63) is 34.9 Å². The van der Waals surface area contributed by atoms with Crippen LogP contribution in [0.4, 0.5) is 8.78 Å². The third kappa shape index (κ3) is 3.65. The average molecular weight is 292 g/mol. The summed E-state index contributed by atoms with van der Waals surface area (Å²) in [5.41, 5.74) is -0.987. The molecule has 4 nitrogen and oxygen atoms in total. The Kier molecular flexibility index (Phi) is 5.71. The van der Waals surface area contributed by atoms with Crippen LogP contribution in [0.2, 0.25) is 0 Å². The van der Waals surface area contributed by atoms with Gasteiger partial charge in [-0.2, -0.15) is 12.6 Å². The zero-order chi connectivity index (χ0) is 14.6. The zero-order valence-electron chi connectivity index (χ0n) is 10.1. The minimum Gasteiger partial charge on any atom is -0.465 e. The van der Waals surface area contributed by atoms with Crippen molar-refractivity contribution in [3.63, 3.8) is 0 Å². The first kappa shape index (κ1) is 15.9. The monoisotopic (exact) mass is 292 g/mol. The van der Waals surface area contributed by atoms with Gasteiger partial charge in [-0.25, -0.2) is 13.6 Å². The van der Waals surface area contributed by atoms with Crippen molar-refractivity contribution in [2.45, 2.75) is 18.6 Å². The molecule has 19 heavy (non-hydrogen) atoms. The van der Waals surface area contributed by atoms with Gasteiger partial charge in [0.2, 0.25) is 0 Å². The maximum absolute atomic E-state index is 13.6. The Morgan fingerprint density at radius 1 is 1.37 bits per heavy atom. The van der Waals surface area contributed by atoms with E-state index in [4.69, 9.17) is 0 Å². The highest BCUT2D eigenvalue weighted by Gasteiger charge is 2.24. The summed E-state index contributed by atoms with van der Waals surface area (Å²) in [5, 5.41) is 19.3. The molecular formula is C12H14F2O4S. The van der Waals surface area contributed by atoms with Crippen molar-refractivity contribution in [1.29, 1.82) is 0 Å². The smallest absolute Gasteiger partial charge is 0.343 e. The van der Waals surface area contributed by atoms with E-state index in [0.717, 1.165) is 19.2 Å². The third-order valence-corrected chi connectivity index (χ3v) is 2.84. The van der Waals surface area contributed by atoms with Crippen LogP contribution in [-0.2, 0) is 4.74 Å². The predicted octanol–water partition coefficient (Wildman–Crippen LogP) is 1.47. The number of aliphatic hydroxyl groups excluding tert-OH is 2. The highest BCUT2D eigenvalue weighted by molar-refractivity contribution is 7.80. The fourth-order valence-electron chi connectivity index (χ4n) is 1.57. The first-order chi connectivity index (χ1) is 8.92. The van der Waals surface area contributed by atoms with E-state index >= 15 is 0 Å². The van der Waals surface area contributed by atoms with E-state index < -0.39 is 35.4 Å². The molecule has 0 spiro atoms. The number of carbonyl (C=O) groups excluding carboxylic acids is 1. The summed E-state index contributed by atoms with van der Waals surface area (Å²) in [6.45, 7) is 0. The van der Waals surface area contributed by atoms with Crippen LogP contribution in [0.1, 0.15) is 28.4 Å². The van der Waals surface area contributed by atoms with Gasteiger partial charge in [-0.1, -0.05) is 0 Å². The van der Waals surface area contributed by atoms with Gasteiger partial charge in [0.15, 0.2) is 0 Å². The summed E-state index contributed by atoms with van der Waals surface area (Å²) in [6.07, 6.45) is -2.49. The highest BCUT2D eigenvalue weighted by atomic mass is 32.1. The summed E-state index contributed by atoms with van der Waals surface area (Å²) in [5.74, 6) is -3.14. The highest BCUT2D eigenvalue weighted by Crippen LogP contribution is 2.24. The molecule has 2 unspecified atom stereocenters. The second-order valence-corrected chi connectivity index (χ2v) is 4.32. The molecule has 1 aromatic carbocycles. The van der Waals surface area contributed by atoms with Gasteiger partial charge in [0.05, 0.1) is 13.2 Å². The number of ether oxygens (including phenoxy) is 1. The van der Waals surface area contributed by atoms with E-state index in [-0.39, 0.29) is 12.0 Å². The summed E-state index contributed by atoms with van der Waals surface area (Å²) < 4.78 is 31.5. The SMILES string of the molecule is COC(=O)c1c(F)cc(C(O)C(O)CCS)cc1F. The van der Waals surface area contributed by atoms with Gasteiger partial charge in [0.1, 0.15) is 23.3 Å². The first-order valence-electron chi connectivity index (χ1n) is 5.46. The van der Waals surface area contributed by atoms with Gasteiger partial charge in [0, 0.05) is 0 Å². The molecule has 7 heteroatoms. The number of methoxy groups -OCH3 is 1. The van der Waals surface area contributed by atoms with Crippen LogP contribution in [-0.4, -0.2) is 35.1 Å². The van der Waals surface area contributed by atoms with Crippen molar-refractivity contribution in [3.8, 4) is 0 Å². The van der Waals surface area contributed by atoms with Crippen molar-refractivity contribution >= 4 is 18.6 Å². The normalized spacial score (nSPS) is 14.0. The molecule has 0 aliphatic carbocycles. The summed E-state index contributed by atoms with van der Waals surface area (Å²) >= 11 is 3.88. The number of thiol groups is 1. The third-order valence-electron chi connectivity index (χ3n) is 2.58. The van der Waals surface area contributed by atoms with Crippen molar-refractivity contribution in [2.24, 2.45) is 0 Å². The summed E-state index contributed by atoms with van der Waals surface area (Å²) in [4.78, 5) is 11.1. The number of halogens is 2. The molecule has 0 heterocycles. The maximum Gasteiger partial charge on any atom is 0.343 e. The minimum atomic E-state index is -1.46. The van der Waals surface area contributed by atoms with Gasteiger partial charge >= 0.3 is 5.97 Å². The lowest BCUT2D eigenvalue weighted by Crippen LogP contribution is -2.20. The van der Waals surface area contributed by atoms with Crippen molar-refractivity contribution in [2.75, 3.05) is 12.9 Å². The van der Waals surface area contributed by atoms with Crippen LogP contribution in [0.5, 0.6) is 0 Å². The second-order valence-electron chi connectivity index (χ2n) is 3.88. The molecule has 1 aromatic rings. The van der Waals surface area contributed by atoms with Gasteiger partial charge < -0.3 is 14.9 Å². The maximum atomic E-state index is 13.6. The summed E-state index contributed by atoms with van der Waals surface area (Å²) in [6, 6.07) is 1.59. The fraction of sp³-hybridized carbons (Fsp3) is 0.417. The Bertz CT molecular complexity index is 444. The Morgan fingerprint density at radius 2 is 1.89 bits per heavy atom. The zero-order valence-corrected chi connectivity index (χ0v) is 11.0. The predicted molar refractivity (Wildman–Crippen MR) is 67.1 cm³/mol. The fourth-order valence-corrected chi connectivity index (χ4v) is 1.84. The molecule has 1 rings (SSSR count). The number of hydrogen-bond acceptors (Lipinski definition) is 5. The van der Waals surface area contributed by atoms with Crippen LogP contribution in [0, 0.1) is 11.6 Å². The largest absolute Gasteiger partial charge is 0.465 e. The number of carbonyl (C=O) groups is 1. The number of aliphatic hydroxyl groups is 2. The molecule has 0 bridgehead atoms. The number of rotatable bonds is 5. The van der Waals surface area contributed by atoms with Crippen LogP contribution in [0.3, 0.4) is 0 Å². The van der Waals surface area contributed by atoms with E-state index in [2.05, 4.69) is 17.4 Å². The molecule has 0 amide bonds. The molecule has 0 aromatic heterocycles. The molecule has 0 radical (unpaired) electrons. The average Bonchev–Trinajstić information content (AvgIpc) is 2.36. The standard InChI is InChI=1S/C12H14F2O4S/c1-18-12(17)10-7(13)4-6(5-8(10)14)11(16)9(15)2-3-19/h4-5,9,11,15-16,19H,2-3H2,1H3. The van der Waals surface area contributed by atoms with Crippen LogP contribution in [0.15, 0.2) is 12.1 Å². The molecule has 2 N–H and O–H groups in total. The Balaban J connectivity index is 3.10. The Morgan fingerprint density at radius 3 is 2.32 bits per heavy atom. The Hall–Kier alpha value is -1.18. The second kappa shape index (κ2) is 6.83. The Labute approximate surface area is 114 Å². The minimum absolute atomic E-state index is 0.156. The van der Waals surface area contributed by atoms with E-state index in [9.17, 15) is 23.8 Å². The quantitative estimate of drug-likeness (QED) is 0.568. The van der Waals surface area contributed by atoms with Crippen LogP contribution < -0.4 is 0 Å². The lowest BCUT2D eigenvalue weighted by molar-refractivity contribution is 0.0168. The molecule has 106 valence electrons. The van der Waals surface area contributed by atoms with E-state index in [1.165, 1.54) is 0 Å². The lowest BCUT2D eigenvalue weighted by Gasteiger charge is -2.18. The first-order valence-corrected chi connectivity index (χ1v) is 6.09. The van der Waals surface area contributed by atoms with Gasteiger partial charge in [-0.3, -0.25) is 0 Å². The molecule has 0 saturated heterocycles. The van der Waals surface area contributed by atoms with Crippen molar-refractivity contribution in [1.82, 2.24) is 0 Å². The van der Waals surface area contributed by atoms with Gasteiger partial charge in [0.25, 0.3) is 0 Å².